The first-order valence-electron chi connectivity index (χ1n) is 6.86. The van der Waals surface area contributed by atoms with Gasteiger partial charge < -0.3 is 5.32 Å². The highest BCUT2D eigenvalue weighted by Crippen LogP contribution is 2.23. The molecule has 0 heterocycles. The van der Waals surface area contributed by atoms with Gasteiger partial charge in [-0.05, 0) is 25.2 Å². The first kappa shape index (κ1) is 17.4. The van der Waals surface area contributed by atoms with Crippen molar-refractivity contribution in [3.8, 4) is 0 Å². The molecule has 1 saturated carbocycles. The summed E-state index contributed by atoms with van der Waals surface area (Å²) in [5.74, 6) is 0.892. The van der Waals surface area contributed by atoms with Crippen LogP contribution in [0, 0.1) is 5.92 Å². The van der Waals surface area contributed by atoms with Gasteiger partial charge in [0, 0.05) is 6.04 Å². The Labute approximate surface area is 98.7 Å². The van der Waals surface area contributed by atoms with Crippen molar-refractivity contribution in [2.24, 2.45) is 5.92 Å². The molecule has 2 atom stereocenters. The van der Waals surface area contributed by atoms with Gasteiger partial charge >= 0.3 is 0 Å². The van der Waals surface area contributed by atoms with Crippen LogP contribution >= 0.6 is 0 Å². The van der Waals surface area contributed by atoms with Gasteiger partial charge in [-0.1, -0.05) is 54.3 Å². The molecule has 0 aromatic heterocycles. The molecule has 0 aliphatic heterocycles. The van der Waals surface area contributed by atoms with Crippen LogP contribution in [-0.2, 0) is 0 Å². The van der Waals surface area contributed by atoms with Crippen LogP contribution in [-0.4, -0.2) is 19.8 Å². The second-order valence-corrected chi connectivity index (χ2v) is 3.68. The van der Waals surface area contributed by atoms with Crippen LogP contribution in [0.3, 0.4) is 0 Å². The van der Waals surface area contributed by atoms with E-state index in [1.54, 1.807) is 0 Å². The summed E-state index contributed by atoms with van der Waals surface area (Å²) >= 11 is 0. The molecule has 0 amide bonds. The maximum Gasteiger partial charge on any atom is 0.124 e. The van der Waals surface area contributed by atoms with Crippen LogP contribution in [0.15, 0.2) is 0 Å². The Bertz CT molecular complexity index is 107. The van der Waals surface area contributed by atoms with E-state index in [0.717, 1.165) is 18.4 Å². The molecule has 1 nitrogen and oxygen atoms in total. The van der Waals surface area contributed by atoms with Gasteiger partial charge in [-0.15, -0.1) is 0 Å². The minimum Gasteiger partial charge on any atom is -0.322 e. The highest BCUT2D eigenvalue weighted by molar-refractivity contribution is 6.33. The van der Waals surface area contributed by atoms with Gasteiger partial charge in [-0.3, -0.25) is 0 Å². The van der Waals surface area contributed by atoms with E-state index in [9.17, 15) is 0 Å². The maximum absolute atomic E-state index is 3.57. The Balaban J connectivity index is 0. The summed E-state index contributed by atoms with van der Waals surface area (Å²) in [6.45, 7) is 12.5. The molecule has 2 unspecified atom stereocenters. The van der Waals surface area contributed by atoms with Crippen molar-refractivity contribution in [3.05, 3.63) is 0 Å². The van der Waals surface area contributed by atoms with Crippen LogP contribution in [0.1, 0.15) is 60.3 Å². The Morgan fingerprint density at radius 1 is 1.07 bits per heavy atom. The van der Waals surface area contributed by atoms with E-state index in [4.69, 9.17) is 0 Å². The molecule has 1 N–H and O–H groups in total. The average molecular weight is 212 g/mol. The van der Waals surface area contributed by atoms with Gasteiger partial charge in [0.05, 0.1) is 0 Å². The molecule has 0 spiro atoms. The fourth-order valence-electron chi connectivity index (χ4n) is 1.89. The Morgan fingerprint density at radius 2 is 1.60 bits per heavy atom. The van der Waals surface area contributed by atoms with Gasteiger partial charge in [0.15, 0.2) is 0 Å². The van der Waals surface area contributed by atoms with E-state index in [2.05, 4.69) is 26.3 Å². The van der Waals surface area contributed by atoms with Crippen molar-refractivity contribution in [1.82, 2.24) is 5.32 Å². The molecular weight excluding hydrogens is 181 g/mol. The zero-order valence-electron chi connectivity index (χ0n) is 11.8. The molecule has 15 heavy (non-hydrogen) atoms. The molecule has 0 bridgehead atoms. The highest BCUT2D eigenvalue weighted by Gasteiger charge is 2.19. The second kappa shape index (κ2) is 14.0. The average Bonchev–Trinajstić information content (AvgIpc) is 2.33. The van der Waals surface area contributed by atoms with E-state index in [1.165, 1.54) is 25.7 Å². The number of rotatable bonds is 3. The largest absolute Gasteiger partial charge is 0.322 e. The minimum atomic E-state index is 0.792. The molecule has 1 aliphatic rings. The van der Waals surface area contributed by atoms with Crippen LogP contribution < -0.4 is 5.32 Å². The topological polar surface area (TPSA) is 12.0 Å². The maximum atomic E-state index is 3.57. The summed E-state index contributed by atoms with van der Waals surface area (Å²) in [4.78, 5) is 0. The summed E-state index contributed by atoms with van der Waals surface area (Å²) in [7, 11) is 2.20. The van der Waals surface area contributed by atoms with Gasteiger partial charge in [0.25, 0.3) is 0 Å². The zero-order valence-corrected chi connectivity index (χ0v) is 11.8. The smallest absolute Gasteiger partial charge is 0.124 e. The molecule has 0 aromatic carbocycles. The van der Waals surface area contributed by atoms with Crippen LogP contribution in [0.25, 0.3) is 0 Å². The Morgan fingerprint density at radius 3 is 2.07 bits per heavy atom. The summed E-state index contributed by atoms with van der Waals surface area (Å²) in [5.41, 5.74) is 0. The summed E-state index contributed by atoms with van der Waals surface area (Å²) in [6.07, 6.45) is 6.74. The first-order valence-corrected chi connectivity index (χ1v) is 6.86. The van der Waals surface area contributed by atoms with E-state index in [0.29, 0.717) is 0 Å². The number of hydrogen-bond acceptors (Lipinski definition) is 1. The van der Waals surface area contributed by atoms with Crippen molar-refractivity contribution >= 4 is 7.28 Å². The SMILES string of the molecule is CC.CC.C[B]CNC1CCCCC1C. The molecule has 1 fully saturated rings. The number of hydrogen-bond donors (Lipinski definition) is 1. The molecule has 91 valence electrons. The lowest BCUT2D eigenvalue weighted by Crippen LogP contribution is -2.38. The quantitative estimate of drug-likeness (QED) is 0.699. The van der Waals surface area contributed by atoms with Crippen molar-refractivity contribution in [3.63, 3.8) is 0 Å². The van der Waals surface area contributed by atoms with Gasteiger partial charge in [0.1, 0.15) is 7.28 Å². The van der Waals surface area contributed by atoms with E-state index in [-0.39, 0.29) is 0 Å². The Kier molecular flexibility index (Phi) is 16.3. The molecule has 2 heteroatoms. The van der Waals surface area contributed by atoms with Crippen molar-refractivity contribution in [1.29, 1.82) is 0 Å². The molecule has 0 saturated heterocycles. The Hall–Kier alpha value is 0.0249. The van der Waals surface area contributed by atoms with Gasteiger partial charge in [-0.25, -0.2) is 0 Å². The first-order chi connectivity index (χ1) is 7.34. The van der Waals surface area contributed by atoms with Crippen LogP contribution in [0.5, 0.6) is 0 Å². The third kappa shape index (κ3) is 8.98. The molecule has 0 aromatic rings. The highest BCUT2D eigenvalue weighted by atomic mass is 14.9. The summed E-state index contributed by atoms with van der Waals surface area (Å²) in [5, 5.41) is 3.57. The van der Waals surface area contributed by atoms with Crippen LogP contribution in [0.2, 0.25) is 6.82 Å². The monoisotopic (exact) mass is 212 g/mol. The van der Waals surface area contributed by atoms with Crippen LogP contribution in [0.4, 0.5) is 0 Å². The lowest BCUT2D eigenvalue weighted by molar-refractivity contribution is 0.291. The third-order valence-corrected chi connectivity index (χ3v) is 2.70. The fraction of sp³-hybridized carbons (Fsp3) is 1.00. The predicted molar refractivity (Wildman–Crippen MR) is 73.7 cm³/mol. The number of nitrogens with one attached hydrogen (secondary N) is 1. The molecule has 1 aliphatic carbocycles. The normalized spacial score (nSPS) is 24.1. The van der Waals surface area contributed by atoms with E-state index < -0.39 is 0 Å². The van der Waals surface area contributed by atoms with Crippen molar-refractivity contribution in [2.75, 3.05) is 6.44 Å². The zero-order chi connectivity index (χ0) is 12.1. The van der Waals surface area contributed by atoms with Crippen molar-refractivity contribution < 1.29 is 0 Å². The molecule has 1 rings (SSSR count). The summed E-state index contributed by atoms with van der Waals surface area (Å²) in [6, 6.07) is 0.792. The van der Waals surface area contributed by atoms with E-state index >= 15 is 0 Å². The lowest BCUT2D eigenvalue weighted by atomic mass is 9.80. The van der Waals surface area contributed by atoms with Crippen molar-refractivity contribution in [2.45, 2.75) is 73.2 Å². The minimum absolute atomic E-state index is 0.792. The lowest BCUT2D eigenvalue weighted by Gasteiger charge is -2.29. The predicted octanol–water partition coefficient (Wildman–Crippen LogP) is 3.92. The van der Waals surface area contributed by atoms with Gasteiger partial charge in [0.2, 0.25) is 0 Å². The fourth-order valence-corrected chi connectivity index (χ4v) is 1.89. The molecular formula is C13H31BN. The molecule has 1 radical (unpaired) electrons. The van der Waals surface area contributed by atoms with E-state index in [1.807, 2.05) is 27.7 Å². The van der Waals surface area contributed by atoms with Gasteiger partial charge in [-0.2, -0.15) is 0 Å². The third-order valence-electron chi connectivity index (χ3n) is 2.70. The summed E-state index contributed by atoms with van der Waals surface area (Å²) < 4.78 is 0. The second-order valence-electron chi connectivity index (χ2n) is 3.68. The standard InChI is InChI=1S/C9H19BN.2C2H6/c1-8-5-3-4-6-9(8)11-7-10-2;2*1-2/h8-9,11H,3-7H2,1-2H3;2*1-2H3.